The van der Waals surface area contributed by atoms with Gasteiger partial charge in [-0.2, -0.15) is 0 Å². The van der Waals surface area contributed by atoms with Crippen molar-refractivity contribution < 1.29 is 0 Å². The summed E-state index contributed by atoms with van der Waals surface area (Å²) in [4.78, 5) is 13.4. The summed E-state index contributed by atoms with van der Waals surface area (Å²) in [6, 6.07) is 2.09. The van der Waals surface area contributed by atoms with Crippen LogP contribution in [0.1, 0.15) is 17.1 Å². The zero-order valence-electron chi connectivity index (χ0n) is 9.71. The van der Waals surface area contributed by atoms with E-state index in [-0.39, 0.29) is 14.5 Å². The first-order valence-electron chi connectivity index (χ1n) is 5.27. The molecule has 5 heteroatoms. The van der Waals surface area contributed by atoms with Gasteiger partial charge in [-0.05, 0) is 0 Å². The van der Waals surface area contributed by atoms with Crippen LogP contribution >= 0.6 is 11.6 Å². The summed E-state index contributed by atoms with van der Waals surface area (Å²) < 4.78 is 2.20. The van der Waals surface area contributed by atoms with Gasteiger partial charge in [-0.1, -0.05) is 0 Å². The molecule has 0 radical (unpaired) electrons. The number of hydrogen-bond donors (Lipinski definition) is 0. The number of aromatic nitrogens is 3. The van der Waals surface area contributed by atoms with Crippen LogP contribution in [0.2, 0.25) is 5.15 Å². The fourth-order valence-electron chi connectivity index (χ4n) is 2.05. The summed E-state index contributed by atoms with van der Waals surface area (Å²) in [6.07, 6.45) is 0. The SMILES string of the molecule is Cc1cc(C)c2c(n1)[se]c1c(Cl)nc(C)nc12. The molecule has 3 heterocycles. The number of pyridine rings is 1. The van der Waals surface area contributed by atoms with Crippen molar-refractivity contribution in [1.82, 2.24) is 15.0 Å². The quantitative estimate of drug-likeness (QED) is 0.473. The van der Waals surface area contributed by atoms with E-state index in [2.05, 4.69) is 27.9 Å². The fraction of sp³-hybridized carbons (Fsp3) is 0.250. The van der Waals surface area contributed by atoms with Gasteiger partial charge in [0, 0.05) is 0 Å². The van der Waals surface area contributed by atoms with Crippen LogP contribution in [0.5, 0.6) is 0 Å². The molecule has 0 aliphatic rings. The molecule has 3 nitrogen and oxygen atoms in total. The normalized spacial score (nSPS) is 11.5. The van der Waals surface area contributed by atoms with Crippen LogP contribution in [0.3, 0.4) is 0 Å². The van der Waals surface area contributed by atoms with Crippen LogP contribution in [0, 0.1) is 20.8 Å². The molecule has 86 valence electrons. The van der Waals surface area contributed by atoms with Gasteiger partial charge in [0.15, 0.2) is 0 Å². The van der Waals surface area contributed by atoms with Crippen molar-refractivity contribution in [1.29, 1.82) is 0 Å². The van der Waals surface area contributed by atoms with E-state index in [9.17, 15) is 0 Å². The second-order valence-corrected chi connectivity index (χ2v) is 6.56. The van der Waals surface area contributed by atoms with Gasteiger partial charge >= 0.3 is 110 Å². The average Bonchev–Trinajstić information content (AvgIpc) is 2.56. The van der Waals surface area contributed by atoms with Crippen molar-refractivity contribution in [2.75, 3.05) is 0 Å². The third kappa shape index (κ3) is 1.68. The van der Waals surface area contributed by atoms with E-state index in [1.165, 1.54) is 5.56 Å². The standard InChI is InChI=1S/C12H10ClN3Se/c1-5-4-6(2)14-12-8(5)9-10(17-12)11(13)16-7(3)15-9/h4H,1-3H3. The molecule has 0 amide bonds. The molecule has 0 aromatic carbocycles. The first-order chi connectivity index (χ1) is 8.06. The third-order valence-corrected chi connectivity index (χ3v) is 5.48. The molecule has 0 saturated heterocycles. The van der Waals surface area contributed by atoms with Gasteiger partial charge in [0.1, 0.15) is 0 Å². The van der Waals surface area contributed by atoms with Crippen molar-refractivity contribution in [2.45, 2.75) is 20.8 Å². The molecule has 3 aromatic rings. The molecule has 0 bridgehead atoms. The van der Waals surface area contributed by atoms with Crippen molar-refractivity contribution in [2.24, 2.45) is 0 Å². The van der Waals surface area contributed by atoms with Gasteiger partial charge in [0.05, 0.1) is 0 Å². The molecule has 0 aliphatic heterocycles. The molecule has 0 atom stereocenters. The van der Waals surface area contributed by atoms with Gasteiger partial charge in [-0.15, -0.1) is 0 Å². The van der Waals surface area contributed by atoms with Gasteiger partial charge in [-0.3, -0.25) is 0 Å². The first-order valence-corrected chi connectivity index (χ1v) is 7.36. The zero-order chi connectivity index (χ0) is 12.2. The maximum absolute atomic E-state index is 6.19. The summed E-state index contributed by atoms with van der Waals surface area (Å²) >= 11 is 6.33. The Labute approximate surface area is 110 Å². The number of rotatable bonds is 0. The Kier molecular flexibility index (Phi) is 2.47. The Balaban J connectivity index is 2.60. The topological polar surface area (TPSA) is 38.7 Å². The van der Waals surface area contributed by atoms with E-state index in [4.69, 9.17) is 11.6 Å². The third-order valence-electron chi connectivity index (χ3n) is 2.68. The van der Waals surface area contributed by atoms with Crippen molar-refractivity contribution in [3.63, 3.8) is 0 Å². The van der Waals surface area contributed by atoms with E-state index >= 15 is 0 Å². The van der Waals surface area contributed by atoms with E-state index in [1.807, 2.05) is 13.8 Å². The molecule has 3 aromatic heterocycles. The summed E-state index contributed by atoms with van der Waals surface area (Å²) in [5, 5.41) is 1.75. The second-order valence-electron chi connectivity index (χ2n) is 4.10. The van der Waals surface area contributed by atoms with Gasteiger partial charge < -0.3 is 0 Å². The van der Waals surface area contributed by atoms with E-state index in [1.54, 1.807) is 0 Å². The number of fused-ring (bicyclic) bond motifs is 3. The predicted octanol–water partition coefficient (Wildman–Crippen LogP) is 2.81. The molecule has 0 saturated carbocycles. The Morgan fingerprint density at radius 3 is 2.65 bits per heavy atom. The van der Waals surface area contributed by atoms with Crippen LogP contribution in [0.25, 0.3) is 19.6 Å². The molecule has 0 N–H and O–H groups in total. The summed E-state index contributed by atoms with van der Waals surface area (Å²) in [7, 11) is 0. The fourth-order valence-corrected chi connectivity index (χ4v) is 4.80. The zero-order valence-corrected chi connectivity index (χ0v) is 12.2. The first kappa shape index (κ1) is 11.1. The van der Waals surface area contributed by atoms with Gasteiger partial charge in [0.2, 0.25) is 0 Å². The van der Waals surface area contributed by atoms with Crippen LogP contribution in [0.4, 0.5) is 0 Å². The Bertz CT molecular complexity index is 748. The Morgan fingerprint density at radius 1 is 1.12 bits per heavy atom. The van der Waals surface area contributed by atoms with Crippen LogP contribution in [-0.2, 0) is 0 Å². The number of hydrogen-bond acceptors (Lipinski definition) is 3. The summed E-state index contributed by atoms with van der Waals surface area (Å²) in [5.74, 6) is 0.720. The van der Waals surface area contributed by atoms with E-state index in [0.717, 1.165) is 31.1 Å². The van der Waals surface area contributed by atoms with E-state index < -0.39 is 0 Å². The predicted molar refractivity (Wildman–Crippen MR) is 71.0 cm³/mol. The minimum atomic E-state index is 0.131. The molecule has 0 aliphatic carbocycles. The second kappa shape index (κ2) is 3.77. The van der Waals surface area contributed by atoms with Crippen LogP contribution in [0.15, 0.2) is 6.07 Å². The van der Waals surface area contributed by atoms with Gasteiger partial charge in [0.25, 0.3) is 0 Å². The van der Waals surface area contributed by atoms with Crippen LogP contribution in [-0.4, -0.2) is 29.5 Å². The molecule has 17 heavy (non-hydrogen) atoms. The van der Waals surface area contributed by atoms with Crippen molar-refractivity contribution >= 4 is 45.7 Å². The maximum atomic E-state index is 6.19. The summed E-state index contributed by atoms with van der Waals surface area (Å²) in [6.45, 7) is 5.99. The molecular formula is C12H10ClN3Se. The average molecular weight is 311 g/mol. The molecule has 0 fully saturated rings. The van der Waals surface area contributed by atoms with Crippen LogP contribution < -0.4 is 0 Å². The Hall–Kier alpha value is -0.961. The molecule has 0 unspecified atom stereocenters. The monoisotopic (exact) mass is 311 g/mol. The molecule has 3 rings (SSSR count). The molecule has 0 spiro atoms. The van der Waals surface area contributed by atoms with Gasteiger partial charge in [-0.25, -0.2) is 0 Å². The number of aryl methyl sites for hydroxylation is 3. The van der Waals surface area contributed by atoms with E-state index in [0.29, 0.717) is 5.15 Å². The molecular weight excluding hydrogens is 301 g/mol. The minimum absolute atomic E-state index is 0.131. The summed E-state index contributed by atoms with van der Waals surface area (Å²) in [5.41, 5.74) is 3.27. The number of halogens is 1. The Morgan fingerprint density at radius 2 is 1.88 bits per heavy atom. The number of nitrogens with zero attached hydrogens (tertiary/aromatic N) is 3. The van der Waals surface area contributed by atoms with Crippen molar-refractivity contribution in [3.8, 4) is 0 Å². The van der Waals surface area contributed by atoms with Crippen molar-refractivity contribution in [3.05, 3.63) is 28.3 Å².